The maximum absolute atomic E-state index is 12.8. The van der Waals surface area contributed by atoms with Gasteiger partial charge >= 0.3 is 0 Å². The van der Waals surface area contributed by atoms with Crippen LogP contribution in [0.5, 0.6) is 0 Å². The normalized spacial score (nSPS) is 20.9. The number of hydrogen-bond acceptors (Lipinski definition) is 3. The van der Waals surface area contributed by atoms with Crippen molar-refractivity contribution in [2.75, 3.05) is 13.1 Å². The molecule has 0 bridgehead atoms. The molecule has 1 saturated heterocycles. The maximum atomic E-state index is 12.8. The number of benzene rings is 1. The number of rotatable bonds is 5. The largest absolute Gasteiger partial charge is 0.353 e. The smallest absolute Gasteiger partial charge is 0.243 e. The highest BCUT2D eigenvalue weighted by atomic mass is 32.2. The first kappa shape index (κ1) is 20.3. The second-order valence-electron chi connectivity index (χ2n) is 7.87. The molecule has 1 amide bonds. The zero-order chi connectivity index (χ0) is 19.3. The van der Waals surface area contributed by atoms with E-state index in [1.54, 1.807) is 12.1 Å². The molecule has 0 aromatic heterocycles. The molecule has 1 aromatic rings. The van der Waals surface area contributed by atoms with Crippen LogP contribution in [0.1, 0.15) is 63.9 Å². The highest BCUT2D eigenvalue weighted by molar-refractivity contribution is 7.89. The zero-order valence-corrected chi connectivity index (χ0v) is 17.1. The molecule has 2 aliphatic rings. The van der Waals surface area contributed by atoms with Crippen LogP contribution in [0, 0.1) is 5.92 Å². The van der Waals surface area contributed by atoms with Gasteiger partial charge in [0.2, 0.25) is 15.9 Å². The summed E-state index contributed by atoms with van der Waals surface area (Å²) < 4.78 is 27.2. The van der Waals surface area contributed by atoms with Gasteiger partial charge < -0.3 is 5.32 Å². The van der Waals surface area contributed by atoms with Crippen LogP contribution in [-0.2, 0) is 21.2 Å². The average Bonchev–Trinajstić information content (AvgIpc) is 2.96. The van der Waals surface area contributed by atoms with Crippen molar-refractivity contribution in [1.29, 1.82) is 0 Å². The van der Waals surface area contributed by atoms with Crippen molar-refractivity contribution in [2.45, 2.75) is 75.6 Å². The molecule has 6 heteroatoms. The highest BCUT2D eigenvalue weighted by Crippen LogP contribution is 2.25. The Hall–Kier alpha value is -1.40. The third kappa shape index (κ3) is 5.11. The monoisotopic (exact) mass is 392 g/mol. The minimum absolute atomic E-state index is 0.0674. The van der Waals surface area contributed by atoms with Crippen molar-refractivity contribution in [1.82, 2.24) is 9.62 Å². The van der Waals surface area contributed by atoms with Crippen LogP contribution < -0.4 is 5.32 Å². The van der Waals surface area contributed by atoms with Crippen molar-refractivity contribution in [2.24, 2.45) is 5.92 Å². The van der Waals surface area contributed by atoms with Crippen molar-refractivity contribution >= 4 is 15.9 Å². The first-order valence-electron chi connectivity index (χ1n) is 10.4. The molecule has 1 aliphatic carbocycles. The molecule has 150 valence electrons. The molecule has 0 spiro atoms. The van der Waals surface area contributed by atoms with Gasteiger partial charge in [-0.3, -0.25) is 4.79 Å². The van der Waals surface area contributed by atoms with E-state index in [1.165, 1.54) is 30.0 Å². The van der Waals surface area contributed by atoms with E-state index in [-0.39, 0.29) is 11.8 Å². The summed E-state index contributed by atoms with van der Waals surface area (Å²) in [4.78, 5) is 12.9. The number of sulfonamides is 1. The molecule has 1 aromatic carbocycles. The molecule has 0 radical (unpaired) electrons. The van der Waals surface area contributed by atoms with Gasteiger partial charge in [0, 0.05) is 25.0 Å². The number of carbonyl (C=O) groups is 1. The lowest BCUT2D eigenvalue weighted by molar-refractivity contribution is -0.126. The Kier molecular flexibility index (Phi) is 6.93. The Balaban J connectivity index is 1.54. The molecule has 1 saturated carbocycles. The summed E-state index contributed by atoms with van der Waals surface area (Å²) in [5, 5.41) is 3.22. The minimum atomic E-state index is -3.47. The van der Waals surface area contributed by atoms with Crippen LogP contribution in [0.3, 0.4) is 0 Å². The number of piperidine rings is 1. The third-order valence-corrected chi connectivity index (χ3v) is 7.91. The Bertz CT molecular complexity index is 714. The molecular formula is C21H32N2O3S. The second-order valence-corrected chi connectivity index (χ2v) is 9.81. The molecule has 3 rings (SSSR count). The summed E-state index contributed by atoms with van der Waals surface area (Å²) in [5.74, 6) is 0.0495. The van der Waals surface area contributed by atoms with Gasteiger partial charge in [0.15, 0.2) is 0 Å². The standard InChI is InChI=1S/C21H32N2O3S/c1-2-17-9-11-20(12-10-17)27(25,26)23-15-13-18(14-16-23)21(24)22-19-7-5-3-4-6-8-19/h9-12,18-19H,2-8,13-16H2,1H3,(H,22,24). The Morgan fingerprint density at radius 1 is 1.00 bits per heavy atom. The SMILES string of the molecule is CCc1ccc(S(=O)(=O)N2CCC(C(=O)NC3CCCCCC3)CC2)cc1. The van der Waals surface area contributed by atoms with Crippen LogP contribution in [0.4, 0.5) is 0 Å². The van der Waals surface area contributed by atoms with Gasteiger partial charge in [-0.05, 0) is 49.8 Å². The van der Waals surface area contributed by atoms with Crippen molar-refractivity contribution < 1.29 is 13.2 Å². The van der Waals surface area contributed by atoms with Crippen LogP contribution >= 0.6 is 0 Å². The number of carbonyl (C=O) groups excluding carboxylic acids is 1. The highest BCUT2D eigenvalue weighted by Gasteiger charge is 2.32. The lowest BCUT2D eigenvalue weighted by Crippen LogP contribution is -2.45. The van der Waals surface area contributed by atoms with Gasteiger partial charge in [0.1, 0.15) is 0 Å². The summed E-state index contributed by atoms with van der Waals surface area (Å²) >= 11 is 0. The van der Waals surface area contributed by atoms with Gasteiger partial charge in [0.05, 0.1) is 4.90 Å². The van der Waals surface area contributed by atoms with Crippen molar-refractivity contribution in [3.63, 3.8) is 0 Å². The fraction of sp³-hybridized carbons (Fsp3) is 0.667. The molecule has 0 atom stereocenters. The van der Waals surface area contributed by atoms with Crippen LogP contribution in [-0.4, -0.2) is 37.8 Å². The van der Waals surface area contributed by atoms with E-state index in [4.69, 9.17) is 0 Å². The molecule has 1 N–H and O–H groups in total. The molecule has 2 fully saturated rings. The molecule has 5 nitrogen and oxygen atoms in total. The topological polar surface area (TPSA) is 66.5 Å². The lowest BCUT2D eigenvalue weighted by atomic mass is 9.96. The number of nitrogens with zero attached hydrogens (tertiary/aromatic N) is 1. The Labute approximate surface area is 163 Å². The van der Waals surface area contributed by atoms with E-state index in [2.05, 4.69) is 5.32 Å². The van der Waals surface area contributed by atoms with Gasteiger partial charge in [-0.1, -0.05) is 44.7 Å². The first-order valence-corrected chi connectivity index (χ1v) is 11.8. The van der Waals surface area contributed by atoms with Crippen LogP contribution in [0.25, 0.3) is 0 Å². The predicted molar refractivity (Wildman–Crippen MR) is 107 cm³/mol. The van der Waals surface area contributed by atoms with E-state index in [1.807, 2.05) is 19.1 Å². The molecule has 1 aliphatic heterocycles. The van der Waals surface area contributed by atoms with Crippen LogP contribution in [0.15, 0.2) is 29.2 Å². The van der Waals surface area contributed by atoms with E-state index in [0.29, 0.717) is 36.9 Å². The average molecular weight is 393 g/mol. The number of aryl methyl sites for hydroxylation is 1. The second kappa shape index (κ2) is 9.20. The van der Waals surface area contributed by atoms with Gasteiger partial charge in [0.25, 0.3) is 0 Å². The van der Waals surface area contributed by atoms with Crippen LogP contribution in [0.2, 0.25) is 0 Å². The first-order chi connectivity index (χ1) is 13.0. The lowest BCUT2D eigenvalue weighted by Gasteiger charge is -2.31. The van der Waals surface area contributed by atoms with Crippen molar-refractivity contribution in [3.05, 3.63) is 29.8 Å². The van der Waals surface area contributed by atoms with Gasteiger partial charge in [-0.2, -0.15) is 4.31 Å². The molecule has 1 heterocycles. The van der Waals surface area contributed by atoms with E-state index in [9.17, 15) is 13.2 Å². The summed E-state index contributed by atoms with van der Waals surface area (Å²) in [6, 6.07) is 7.44. The third-order valence-electron chi connectivity index (χ3n) is 6.00. The predicted octanol–water partition coefficient (Wildman–Crippen LogP) is 3.49. The molecular weight excluding hydrogens is 360 g/mol. The van der Waals surface area contributed by atoms with Gasteiger partial charge in [-0.25, -0.2) is 8.42 Å². The summed E-state index contributed by atoms with van der Waals surface area (Å²) in [6.45, 7) is 2.88. The van der Waals surface area contributed by atoms with E-state index >= 15 is 0 Å². The maximum Gasteiger partial charge on any atom is 0.243 e. The summed E-state index contributed by atoms with van der Waals surface area (Å²) in [5.41, 5.74) is 1.13. The Morgan fingerprint density at radius 3 is 2.15 bits per heavy atom. The van der Waals surface area contributed by atoms with E-state index < -0.39 is 10.0 Å². The fourth-order valence-corrected chi connectivity index (χ4v) is 5.62. The quantitative estimate of drug-likeness (QED) is 0.780. The molecule has 27 heavy (non-hydrogen) atoms. The van der Waals surface area contributed by atoms with Gasteiger partial charge in [-0.15, -0.1) is 0 Å². The number of amides is 1. The summed E-state index contributed by atoms with van der Waals surface area (Å²) in [6.07, 6.45) is 9.16. The summed E-state index contributed by atoms with van der Waals surface area (Å²) in [7, 11) is -3.47. The number of nitrogens with one attached hydrogen (secondary N) is 1. The van der Waals surface area contributed by atoms with E-state index in [0.717, 1.165) is 24.8 Å². The molecule has 0 unspecified atom stereocenters. The Morgan fingerprint density at radius 2 is 1.59 bits per heavy atom. The van der Waals surface area contributed by atoms with Crippen molar-refractivity contribution in [3.8, 4) is 0 Å². The zero-order valence-electron chi connectivity index (χ0n) is 16.3. The minimum Gasteiger partial charge on any atom is -0.353 e. The fourth-order valence-electron chi connectivity index (χ4n) is 4.15. The number of hydrogen-bond donors (Lipinski definition) is 1.